The van der Waals surface area contributed by atoms with Gasteiger partial charge in [-0.25, -0.2) is 4.79 Å². The van der Waals surface area contributed by atoms with Crippen molar-refractivity contribution in [3.63, 3.8) is 0 Å². The minimum Gasteiger partial charge on any atom is -0.466 e. The van der Waals surface area contributed by atoms with Crippen LogP contribution < -0.4 is 15.9 Å². The summed E-state index contributed by atoms with van der Waals surface area (Å²) in [5.74, 6) is 0.00482. The SMILES string of the molecule is CCOC(=O)C1CCN(c2nc(=O)n(CC(=O)Nc3ccccc3)c3ccccc23)CC1. The van der Waals surface area contributed by atoms with E-state index in [1.807, 2.05) is 47.4 Å². The van der Waals surface area contributed by atoms with E-state index in [2.05, 4.69) is 10.3 Å². The molecule has 0 spiro atoms. The van der Waals surface area contributed by atoms with Crippen LogP contribution in [-0.4, -0.2) is 41.1 Å². The van der Waals surface area contributed by atoms with Gasteiger partial charge in [0.1, 0.15) is 12.4 Å². The zero-order valence-corrected chi connectivity index (χ0v) is 18.0. The number of hydrogen-bond acceptors (Lipinski definition) is 6. The van der Waals surface area contributed by atoms with E-state index in [-0.39, 0.29) is 24.3 Å². The van der Waals surface area contributed by atoms with Crippen molar-refractivity contribution in [1.82, 2.24) is 9.55 Å². The second-order valence-corrected chi connectivity index (χ2v) is 7.75. The lowest BCUT2D eigenvalue weighted by Gasteiger charge is -2.32. The quantitative estimate of drug-likeness (QED) is 0.600. The number of aromatic nitrogens is 2. The van der Waals surface area contributed by atoms with Crippen molar-refractivity contribution in [1.29, 1.82) is 0 Å². The van der Waals surface area contributed by atoms with Gasteiger partial charge in [-0.2, -0.15) is 4.98 Å². The van der Waals surface area contributed by atoms with Gasteiger partial charge in [0.2, 0.25) is 5.91 Å². The molecule has 1 N–H and O–H groups in total. The largest absolute Gasteiger partial charge is 0.466 e. The molecule has 0 unspecified atom stereocenters. The first kappa shape index (κ1) is 21.5. The average molecular weight is 434 g/mol. The minimum absolute atomic E-state index is 0.125. The Kier molecular flexibility index (Phi) is 6.49. The maximum absolute atomic E-state index is 12.9. The van der Waals surface area contributed by atoms with Crippen molar-refractivity contribution in [3.8, 4) is 0 Å². The summed E-state index contributed by atoms with van der Waals surface area (Å²) in [6.07, 6.45) is 1.30. The molecule has 0 saturated carbocycles. The first-order valence-electron chi connectivity index (χ1n) is 10.8. The smallest absolute Gasteiger partial charge is 0.350 e. The van der Waals surface area contributed by atoms with Gasteiger partial charge < -0.3 is 15.0 Å². The van der Waals surface area contributed by atoms with Crippen LogP contribution in [-0.2, 0) is 20.9 Å². The number of fused-ring (bicyclic) bond motifs is 1. The third-order valence-electron chi connectivity index (χ3n) is 5.64. The molecule has 166 valence electrons. The number of ether oxygens (including phenoxy) is 1. The van der Waals surface area contributed by atoms with E-state index >= 15 is 0 Å². The third-order valence-corrected chi connectivity index (χ3v) is 5.64. The summed E-state index contributed by atoms with van der Waals surface area (Å²) in [6, 6.07) is 16.6. The van der Waals surface area contributed by atoms with Gasteiger partial charge in [-0.05, 0) is 44.0 Å². The predicted molar refractivity (Wildman–Crippen MR) is 123 cm³/mol. The molecule has 0 bridgehead atoms. The highest BCUT2D eigenvalue weighted by molar-refractivity contribution is 5.93. The normalized spacial score (nSPS) is 14.3. The zero-order chi connectivity index (χ0) is 22.5. The van der Waals surface area contributed by atoms with E-state index in [1.54, 1.807) is 19.1 Å². The molecule has 1 aromatic heterocycles. The third kappa shape index (κ3) is 4.64. The van der Waals surface area contributed by atoms with E-state index in [0.29, 0.717) is 49.6 Å². The molecule has 8 nitrogen and oxygen atoms in total. The Bertz CT molecular complexity index is 1170. The fraction of sp³-hybridized carbons (Fsp3) is 0.333. The number of esters is 1. The van der Waals surface area contributed by atoms with Gasteiger partial charge in [0.25, 0.3) is 0 Å². The molecule has 3 aromatic rings. The molecule has 0 radical (unpaired) electrons. The standard InChI is InChI=1S/C24H26N4O4/c1-2-32-23(30)17-12-14-27(15-13-17)22-19-10-6-7-11-20(19)28(24(31)26-22)16-21(29)25-18-8-4-3-5-9-18/h3-11,17H,2,12-16H2,1H3,(H,25,29). The molecule has 0 aliphatic carbocycles. The fourth-order valence-corrected chi connectivity index (χ4v) is 4.06. The van der Waals surface area contributed by atoms with E-state index < -0.39 is 5.69 Å². The van der Waals surface area contributed by atoms with E-state index in [9.17, 15) is 14.4 Å². The minimum atomic E-state index is -0.477. The van der Waals surface area contributed by atoms with Gasteiger partial charge in [0.05, 0.1) is 18.0 Å². The molecule has 2 aromatic carbocycles. The molecule has 8 heteroatoms. The van der Waals surface area contributed by atoms with Crippen molar-refractivity contribution in [2.75, 3.05) is 29.9 Å². The Labute approximate surface area is 185 Å². The van der Waals surface area contributed by atoms with Crippen molar-refractivity contribution >= 4 is 34.3 Å². The second kappa shape index (κ2) is 9.64. The first-order valence-corrected chi connectivity index (χ1v) is 10.8. The number of hydrogen-bond donors (Lipinski definition) is 1. The topological polar surface area (TPSA) is 93.5 Å². The molecule has 0 atom stereocenters. The van der Waals surface area contributed by atoms with Crippen molar-refractivity contribution < 1.29 is 14.3 Å². The van der Waals surface area contributed by atoms with Crippen LogP contribution in [0.4, 0.5) is 11.5 Å². The molecular formula is C24H26N4O4. The number of carbonyl (C=O) groups is 2. The first-order chi connectivity index (χ1) is 15.6. The number of rotatable bonds is 6. The Balaban J connectivity index is 1.57. The Morgan fingerprint density at radius 3 is 2.47 bits per heavy atom. The highest BCUT2D eigenvalue weighted by Crippen LogP contribution is 2.28. The van der Waals surface area contributed by atoms with Gasteiger partial charge in [-0.1, -0.05) is 30.3 Å². The number of para-hydroxylation sites is 2. The number of carbonyl (C=O) groups excluding carboxylic acids is 2. The van der Waals surface area contributed by atoms with E-state index in [4.69, 9.17) is 4.74 Å². The Morgan fingerprint density at radius 1 is 1.06 bits per heavy atom. The van der Waals surface area contributed by atoms with Gasteiger partial charge in [0.15, 0.2) is 0 Å². The number of nitrogens with one attached hydrogen (secondary N) is 1. The highest BCUT2D eigenvalue weighted by atomic mass is 16.5. The van der Waals surface area contributed by atoms with Crippen molar-refractivity contribution in [2.45, 2.75) is 26.3 Å². The van der Waals surface area contributed by atoms with Crippen LogP contribution in [0.1, 0.15) is 19.8 Å². The van der Waals surface area contributed by atoms with Gasteiger partial charge in [0, 0.05) is 24.2 Å². The lowest BCUT2D eigenvalue weighted by molar-refractivity contribution is -0.148. The van der Waals surface area contributed by atoms with E-state index in [1.165, 1.54) is 4.57 Å². The number of amides is 1. The van der Waals surface area contributed by atoms with Crippen molar-refractivity contribution in [3.05, 3.63) is 65.1 Å². The van der Waals surface area contributed by atoms with Gasteiger partial charge in [-0.15, -0.1) is 0 Å². The van der Waals surface area contributed by atoms with Crippen LogP contribution in [0.5, 0.6) is 0 Å². The summed E-state index contributed by atoms with van der Waals surface area (Å²) in [5.41, 5.74) is 0.844. The summed E-state index contributed by atoms with van der Waals surface area (Å²) < 4.78 is 6.53. The van der Waals surface area contributed by atoms with Gasteiger partial charge >= 0.3 is 11.7 Å². The number of benzene rings is 2. The van der Waals surface area contributed by atoms with Crippen LogP contribution in [0.3, 0.4) is 0 Å². The number of nitrogens with zero attached hydrogens (tertiary/aromatic N) is 3. The van der Waals surface area contributed by atoms with Crippen LogP contribution in [0.2, 0.25) is 0 Å². The summed E-state index contributed by atoms with van der Waals surface area (Å²) in [7, 11) is 0. The molecule has 1 fully saturated rings. The molecule has 1 amide bonds. The van der Waals surface area contributed by atoms with Crippen LogP contribution >= 0.6 is 0 Å². The summed E-state index contributed by atoms with van der Waals surface area (Å²) >= 11 is 0. The molecule has 32 heavy (non-hydrogen) atoms. The maximum atomic E-state index is 12.9. The van der Waals surface area contributed by atoms with Crippen LogP contribution in [0, 0.1) is 5.92 Å². The monoisotopic (exact) mass is 434 g/mol. The predicted octanol–water partition coefficient (Wildman–Crippen LogP) is 2.81. The lowest BCUT2D eigenvalue weighted by atomic mass is 9.97. The van der Waals surface area contributed by atoms with E-state index in [0.717, 1.165) is 5.39 Å². The van der Waals surface area contributed by atoms with Crippen LogP contribution in [0.25, 0.3) is 10.9 Å². The molecule has 1 aliphatic rings. The average Bonchev–Trinajstić information content (AvgIpc) is 2.81. The second-order valence-electron chi connectivity index (χ2n) is 7.75. The molecule has 2 heterocycles. The molecule has 4 rings (SSSR count). The number of anilines is 2. The molecule has 1 saturated heterocycles. The Hall–Kier alpha value is -3.68. The Morgan fingerprint density at radius 2 is 1.75 bits per heavy atom. The maximum Gasteiger partial charge on any atom is 0.350 e. The molecular weight excluding hydrogens is 408 g/mol. The highest BCUT2D eigenvalue weighted by Gasteiger charge is 2.28. The molecule has 1 aliphatic heterocycles. The lowest BCUT2D eigenvalue weighted by Crippen LogP contribution is -2.39. The summed E-state index contributed by atoms with van der Waals surface area (Å²) in [5, 5.41) is 3.61. The zero-order valence-electron chi connectivity index (χ0n) is 18.0. The number of piperidine rings is 1. The summed E-state index contributed by atoms with van der Waals surface area (Å²) in [4.78, 5) is 43.9. The summed E-state index contributed by atoms with van der Waals surface area (Å²) in [6.45, 7) is 3.27. The van der Waals surface area contributed by atoms with Crippen LogP contribution in [0.15, 0.2) is 59.4 Å². The van der Waals surface area contributed by atoms with Gasteiger partial charge in [-0.3, -0.25) is 14.2 Å². The van der Waals surface area contributed by atoms with Crippen molar-refractivity contribution in [2.24, 2.45) is 5.92 Å². The fourth-order valence-electron chi connectivity index (χ4n) is 4.06.